The number of nitrogens with zero attached hydrogens (tertiary/aromatic N) is 1. The smallest absolute Gasteiger partial charge is 0.252 e. The Kier molecular flexibility index (Phi) is 4.36. The molecule has 0 aliphatic rings. The van der Waals surface area contributed by atoms with Crippen molar-refractivity contribution in [3.05, 3.63) is 86.1 Å². The first-order valence-electron chi connectivity index (χ1n) is 9.18. The summed E-state index contributed by atoms with van der Waals surface area (Å²) in [5.74, 6) is 0.00560. The molecule has 5 nitrogen and oxygen atoms in total. The molecule has 4 aromatic rings. The van der Waals surface area contributed by atoms with Crippen molar-refractivity contribution in [3.63, 3.8) is 0 Å². The van der Waals surface area contributed by atoms with E-state index in [2.05, 4.69) is 15.0 Å². The van der Waals surface area contributed by atoms with Gasteiger partial charge in [0.1, 0.15) is 0 Å². The third-order valence-electron chi connectivity index (χ3n) is 5.12. The SMILES string of the molecule is CCc1c[nH]c2ccc(CC(C)c3cc4ncccc4[nH]c3=O)cc2c1=O. The summed E-state index contributed by atoms with van der Waals surface area (Å²) >= 11 is 0. The second-order valence-corrected chi connectivity index (χ2v) is 6.97. The Morgan fingerprint density at radius 2 is 1.96 bits per heavy atom. The molecule has 0 spiro atoms. The molecule has 0 aliphatic heterocycles. The maximum Gasteiger partial charge on any atom is 0.252 e. The number of benzene rings is 1. The van der Waals surface area contributed by atoms with E-state index in [-0.39, 0.29) is 16.9 Å². The minimum atomic E-state index is -0.0881. The van der Waals surface area contributed by atoms with Crippen molar-refractivity contribution in [1.82, 2.24) is 15.0 Å². The first-order valence-corrected chi connectivity index (χ1v) is 9.18. The highest BCUT2D eigenvalue weighted by Crippen LogP contribution is 2.21. The van der Waals surface area contributed by atoms with Crippen LogP contribution < -0.4 is 11.0 Å². The van der Waals surface area contributed by atoms with Crippen molar-refractivity contribution in [2.45, 2.75) is 32.6 Å². The number of aryl methyl sites for hydroxylation is 1. The minimum absolute atomic E-state index is 0.00560. The predicted octanol–water partition coefficient (Wildman–Crippen LogP) is 3.67. The predicted molar refractivity (Wildman–Crippen MR) is 108 cm³/mol. The number of pyridine rings is 3. The molecular formula is C22H21N3O2. The molecule has 1 atom stereocenters. The molecule has 2 N–H and O–H groups in total. The third kappa shape index (κ3) is 3.16. The van der Waals surface area contributed by atoms with Crippen LogP contribution in [0, 0.1) is 0 Å². The highest BCUT2D eigenvalue weighted by atomic mass is 16.1. The Morgan fingerprint density at radius 1 is 1.11 bits per heavy atom. The normalized spacial score (nSPS) is 12.5. The van der Waals surface area contributed by atoms with Gasteiger partial charge in [-0.3, -0.25) is 14.6 Å². The van der Waals surface area contributed by atoms with Crippen molar-refractivity contribution < 1.29 is 0 Å². The molecule has 0 fully saturated rings. The van der Waals surface area contributed by atoms with Crippen molar-refractivity contribution in [2.75, 3.05) is 0 Å². The van der Waals surface area contributed by atoms with E-state index in [0.29, 0.717) is 23.8 Å². The summed E-state index contributed by atoms with van der Waals surface area (Å²) in [4.78, 5) is 35.5. The molecule has 3 aromatic heterocycles. The number of aromatic nitrogens is 3. The average molecular weight is 359 g/mol. The zero-order valence-corrected chi connectivity index (χ0v) is 15.4. The van der Waals surface area contributed by atoms with Gasteiger partial charge in [-0.15, -0.1) is 0 Å². The lowest BCUT2D eigenvalue weighted by Crippen LogP contribution is -2.16. The van der Waals surface area contributed by atoms with Crippen LogP contribution in [-0.4, -0.2) is 15.0 Å². The second-order valence-electron chi connectivity index (χ2n) is 6.97. The van der Waals surface area contributed by atoms with Crippen LogP contribution in [-0.2, 0) is 12.8 Å². The van der Waals surface area contributed by atoms with Gasteiger partial charge in [-0.1, -0.05) is 19.9 Å². The molecule has 0 aliphatic carbocycles. The van der Waals surface area contributed by atoms with Gasteiger partial charge in [0.2, 0.25) is 0 Å². The van der Waals surface area contributed by atoms with Crippen LogP contribution in [0.2, 0.25) is 0 Å². The van der Waals surface area contributed by atoms with Gasteiger partial charge in [-0.2, -0.15) is 0 Å². The summed E-state index contributed by atoms with van der Waals surface area (Å²) in [5, 5.41) is 0.702. The van der Waals surface area contributed by atoms with Crippen LogP contribution in [0.15, 0.2) is 58.4 Å². The van der Waals surface area contributed by atoms with E-state index >= 15 is 0 Å². The van der Waals surface area contributed by atoms with E-state index in [9.17, 15) is 9.59 Å². The standard InChI is InChI=1S/C22H21N3O2/c1-3-15-12-24-18-7-6-14(10-17(18)21(15)26)9-13(2)16-11-20-19(25-22(16)27)5-4-8-23-20/h4-8,10-13H,3,9H2,1-2H3,(H,24,26)(H,25,27). The van der Waals surface area contributed by atoms with Crippen LogP contribution in [0.25, 0.3) is 21.9 Å². The molecule has 0 saturated heterocycles. The van der Waals surface area contributed by atoms with Crippen molar-refractivity contribution >= 4 is 21.9 Å². The van der Waals surface area contributed by atoms with E-state index in [0.717, 1.165) is 27.7 Å². The third-order valence-corrected chi connectivity index (χ3v) is 5.12. The topological polar surface area (TPSA) is 78.6 Å². The lowest BCUT2D eigenvalue weighted by Gasteiger charge is -2.12. The zero-order valence-electron chi connectivity index (χ0n) is 15.4. The first kappa shape index (κ1) is 17.2. The lowest BCUT2D eigenvalue weighted by atomic mass is 9.93. The zero-order chi connectivity index (χ0) is 19.0. The van der Waals surface area contributed by atoms with Crippen LogP contribution in [0.4, 0.5) is 0 Å². The van der Waals surface area contributed by atoms with E-state index < -0.39 is 0 Å². The van der Waals surface area contributed by atoms with Gasteiger partial charge >= 0.3 is 0 Å². The first-order chi connectivity index (χ1) is 13.1. The summed E-state index contributed by atoms with van der Waals surface area (Å²) in [6, 6.07) is 11.4. The molecular weight excluding hydrogens is 338 g/mol. The number of nitrogens with one attached hydrogen (secondary N) is 2. The number of hydrogen-bond donors (Lipinski definition) is 2. The molecule has 136 valence electrons. The molecule has 0 saturated carbocycles. The van der Waals surface area contributed by atoms with Crippen LogP contribution >= 0.6 is 0 Å². The van der Waals surface area contributed by atoms with Crippen molar-refractivity contribution in [1.29, 1.82) is 0 Å². The van der Waals surface area contributed by atoms with Gasteiger partial charge < -0.3 is 9.97 Å². The van der Waals surface area contributed by atoms with Crippen LogP contribution in [0.1, 0.15) is 36.5 Å². The summed E-state index contributed by atoms with van der Waals surface area (Å²) in [7, 11) is 0. The molecule has 0 amide bonds. The Bertz CT molecular complexity index is 1250. The summed E-state index contributed by atoms with van der Waals surface area (Å²) in [5.41, 5.74) is 4.87. The molecule has 0 radical (unpaired) electrons. The number of H-pyrrole nitrogens is 2. The fourth-order valence-electron chi connectivity index (χ4n) is 3.57. The Labute approximate surface area is 156 Å². The van der Waals surface area contributed by atoms with Crippen molar-refractivity contribution in [2.24, 2.45) is 0 Å². The quantitative estimate of drug-likeness (QED) is 0.583. The van der Waals surface area contributed by atoms with Gasteiger partial charge in [0.15, 0.2) is 5.43 Å². The van der Waals surface area contributed by atoms with Crippen molar-refractivity contribution in [3.8, 4) is 0 Å². The van der Waals surface area contributed by atoms with Gasteiger partial charge in [-0.05, 0) is 54.7 Å². The highest BCUT2D eigenvalue weighted by Gasteiger charge is 2.13. The summed E-state index contributed by atoms with van der Waals surface area (Å²) < 4.78 is 0. The summed E-state index contributed by atoms with van der Waals surface area (Å²) in [6.07, 6.45) is 4.88. The van der Waals surface area contributed by atoms with E-state index in [1.807, 2.05) is 44.2 Å². The molecule has 1 aromatic carbocycles. The fraction of sp³-hybridized carbons (Fsp3) is 0.227. The number of fused-ring (bicyclic) bond motifs is 2. The molecule has 27 heavy (non-hydrogen) atoms. The maximum atomic E-state index is 12.6. The van der Waals surface area contributed by atoms with Gasteiger partial charge in [0, 0.05) is 34.4 Å². The van der Waals surface area contributed by atoms with Crippen LogP contribution in [0.5, 0.6) is 0 Å². The Balaban J connectivity index is 1.71. The fourth-order valence-corrected chi connectivity index (χ4v) is 3.57. The van der Waals surface area contributed by atoms with Crippen LogP contribution in [0.3, 0.4) is 0 Å². The molecule has 0 bridgehead atoms. The Hall–Kier alpha value is -3.21. The molecule has 4 rings (SSSR count). The van der Waals surface area contributed by atoms with Gasteiger partial charge in [0.05, 0.1) is 11.0 Å². The lowest BCUT2D eigenvalue weighted by molar-refractivity contribution is 0.749. The highest BCUT2D eigenvalue weighted by molar-refractivity contribution is 5.79. The number of aromatic amines is 2. The monoisotopic (exact) mass is 359 g/mol. The second kappa shape index (κ2) is 6.83. The van der Waals surface area contributed by atoms with E-state index in [1.54, 1.807) is 18.5 Å². The van der Waals surface area contributed by atoms with Gasteiger partial charge in [-0.25, -0.2) is 0 Å². The van der Waals surface area contributed by atoms with E-state index in [4.69, 9.17) is 0 Å². The number of hydrogen-bond acceptors (Lipinski definition) is 3. The number of rotatable bonds is 4. The largest absolute Gasteiger partial charge is 0.361 e. The van der Waals surface area contributed by atoms with E-state index in [1.165, 1.54) is 0 Å². The summed E-state index contributed by atoms with van der Waals surface area (Å²) in [6.45, 7) is 4.00. The Morgan fingerprint density at radius 3 is 2.78 bits per heavy atom. The average Bonchev–Trinajstić information content (AvgIpc) is 2.68. The maximum absolute atomic E-state index is 12.6. The molecule has 5 heteroatoms. The molecule has 3 heterocycles. The molecule has 1 unspecified atom stereocenters. The van der Waals surface area contributed by atoms with Gasteiger partial charge in [0.25, 0.3) is 5.56 Å². The minimum Gasteiger partial charge on any atom is -0.361 e.